The highest BCUT2D eigenvalue weighted by Crippen LogP contribution is 2.36. The summed E-state index contributed by atoms with van der Waals surface area (Å²) in [5, 5.41) is 0.581. The highest BCUT2D eigenvalue weighted by molar-refractivity contribution is 7.19. The van der Waals surface area contributed by atoms with Gasteiger partial charge in [-0.05, 0) is 37.5 Å². The zero-order chi connectivity index (χ0) is 20.7. The molecule has 1 fully saturated rings. The number of nitrogens with zero attached hydrogens (tertiary/aromatic N) is 5. The average molecular weight is 420 g/mol. The number of rotatable bonds is 4. The summed E-state index contributed by atoms with van der Waals surface area (Å²) in [6.07, 6.45) is 8.92. The van der Waals surface area contributed by atoms with Crippen LogP contribution in [0.4, 0.5) is 0 Å². The Hall–Kier alpha value is -3.26. The van der Waals surface area contributed by atoms with E-state index in [1.807, 2.05) is 46.9 Å². The van der Waals surface area contributed by atoms with E-state index in [0.29, 0.717) is 10.2 Å². The van der Waals surface area contributed by atoms with Gasteiger partial charge >= 0.3 is 0 Å². The molecule has 7 nitrogen and oxygen atoms in total. The molecule has 0 saturated carbocycles. The molecule has 0 aliphatic carbocycles. The Bertz CT molecular complexity index is 1280. The van der Waals surface area contributed by atoms with Gasteiger partial charge in [0.1, 0.15) is 11.4 Å². The van der Waals surface area contributed by atoms with Gasteiger partial charge in [0.05, 0.1) is 18.0 Å². The van der Waals surface area contributed by atoms with Crippen molar-refractivity contribution in [1.29, 1.82) is 0 Å². The van der Waals surface area contributed by atoms with Crippen molar-refractivity contribution in [2.75, 3.05) is 13.1 Å². The minimum atomic E-state index is -0.167. The number of benzene rings is 1. The molecule has 1 saturated heterocycles. The van der Waals surface area contributed by atoms with Crippen LogP contribution >= 0.6 is 11.3 Å². The molecule has 1 amide bonds. The molecule has 3 aromatic heterocycles. The molecule has 0 unspecified atom stereocenters. The molecule has 0 radical (unpaired) electrons. The largest absolute Gasteiger partial charge is 0.341 e. The van der Waals surface area contributed by atoms with Gasteiger partial charge in [0.15, 0.2) is 0 Å². The molecule has 1 aromatic carbocycles. The molecular formula is C22H21N5O2S. The van der Waals surface area contributed by atoms with Crippen LogP contribution in [0.3, 0.4) is 0 Å². The second-order valence-corrected chi connectivity index (χ2v) is 8.70. The maximum atomic E-state index is 13.3. The summed E-state index contributed by atoms with van der Waals surface area (Å²) in [4.78, 5) is 38.1. The van der Waals surface area contributed by atoms with E-state index in [0.717, 1.165) is 47.6 Å². The van der Waals surface area contributed by atoms with Gasteiger partial charge in [0, 0.05) is 41.6 Å². The van der Waals surface area contributed by atoms with Crippen LogP contribution in [0.25, 0.3) is 27.0 Å². The van der Waals surface area contributed by atoms with Crippen molar-refractivity contribution >= 4 is 27.5 Å². The molecule has 0 bridgehead atoms. The zero-order valence-corrected chi connectivity index (χ0v) is 17.4. The topological polar surface area (TPSA) is 73.0 Å². The molecule has 0 N–H and O–H groups in total. The summed E-state index contributed by atoms with van der Waals surface area (Å²) in [6, 6.07) is 8.02. The molecule has 30 heavy (non-hydrogen) atoms. The molecule has 152 valence electrons. The van der Waals surface area contributed by atoms with Crippen molar-refractivity contribution in [1.82, 2.24) is 24.0 Å². The zero-order valence-electron chi connectivity index (χ0n) is 16.6. The van der Waals surface area contributed by atoms with Gasteiger partial charge in [0.25, 0.3) is 5.56 Å². The Labute approximate surface area is 177 Å². The third kappa shape index (κ3) is 3.23. The van der Waals surface area contributed by atoms with Gasteiger partial charge in [-0.1, -0.05) is 12.1 Å². The molecule has 5 rings (SSSR count). The number of carbonyl (C=O) groups excluding carboxylic acids is 1. The number of fused-ring (bicyclic) bond motifs is 1. The van der Waals surface area contributed by atoms with E-state index in [4.69, 9.17) is 0 Å². The summed E-state index contributed by atoms with van der Waals surface area (Å²) >= 11 is 1.51. The second-order valence-electron chi connectivity index (χ2n) is 7.50. The number of carbonyl (C=O) groups is 1. The number of imidazole rings is 1. The molecule has 8 heteroatoms. The van der Waals surface area contributed by atoms with E-state index >= 15 is 0 Å². The predicted molar refractivity (Wildman–Crippen MR) is 117 cm³/mol. The molecule has 4 aromatic rings. The van der Waals surface area contributed by atoms with Crippen molar-refractivity contribution in [2.24, 2.45) is 0 Å². The fourth-order valence-corrected chi connectivity index (χ4v) is 5.05. The summed E-state index contributed by atoms with van der Waals surface area (Å²) in [6.45, 7) is 3.58. The molecule has 4 heterocycles. The average Bonchev–Trinajstić information content (AvgIpc) is 3.51. The lowest BCUT2D eigenvalue weighted by atomic mass is 10.0. The van der Waals surface area contributed by atoms with Crippen LogP contribution in [0.5, 0.6) is 0 Å². The highest BCUT2D eigenvalue weighted by atomic mass is 32.1. The summed E-state index contributed by atoms with van der Waals surface area (Å²) in [7, 11) is 0. The van der Waals surface area contributed by atoms with Crippen LogP contribution in [0, 0.1) is 6.92 Å². The van der Waals surface area contributed by atoms with Crippen molar-refractivity contribution in [2.45, 2.75) is 26.3 Å². The number of amides is 1. The summed E-state index contributed by atoms with van der Waals surface area (Å²) in [5.74, 6) is -0.0219. The standard InChI is InChI=1S/C22H21N5O2S/c1-15-19(16-5-4-6-17(11-16)26-10-7-23-13-26)20-21(30-15)24-14-27(22(20)29)12-18(28)25-8-2-3-9-25/h4-7,10-11,13-14H,2-3,8-9,12H2,1H3. The number of likely N-dealkylation sites (tertiary alicyclic amines) is 1. The number of hydrogen-bond donors (Lipinski definition) is 0. The van der Waals surface area contributed by atoms with E-state index in [1.54, 1.807) is 12.5 Å². The van der Waals surface area contributed by atoms with Crippen LogP contribution in [0.1, 0.15) is 17.7 Å². The lowest BCUT2D eigenvalue weighted by Crippen LogP contribution is -2.34. The van der Waals surface area contributed by atoms with Crippen molar-refractivity contribution in [3.05, 3.63) is 64.5 Å². The number of aromatic nitrogens is 4. The van der Waals surface area contributed by atoms with Gasteiger partial charge in [-0.15, -0.1) is 11.3 Å². The summed E-state index contributed by atoms with van der Waals surface area (Å²) in [5.41, 5.74) is 2.64. The molecule has 1 aliphatic heterocycles. The van der Waals surface area contributed by atoms with Gasteiger partial charge in [0.2, 0.25) is 5.91 Å². The first-order valence-corrected chi connectivity index (χ1v) is 10.8. The van der Waals surface area contributed by atoms with Crippen molar-refractivity contribution in [3.63, 3.8) is 0 Å². The number of hydrogen-bond acceptors (Lipinski definition) is 5. The Kier molecular flexibility index (Phi) is 4.71. The van der Waals surface area contributed by atoms with Crippen LogP contribution in [-0.4, -0.2) is 43.0 Å². The smallest absolute Gasteiger partial charge is 0.263 e. The Morgan fingerprint density at radius 1 is 1.20 bits per heavy atom. The van der Waals surface area contributed by atoms with E-state index < -0.39 is 0 Å². The SMILES string of the molecule is Cc1sc2ncn(CC(=O)N3CCCC3)c(=O)c2c1-c1cccc(-n2ccnc2)c1. The van der Waals surface area contributed by atoms with Crippen molar-refractivity contribution in [3.8, 4) is 16.8 Å². The highest BCUT2D eigenvalue weighted by Gasteiger charge is 2.21. The molecular weight excluding hydrogens is 398 g/mol. The van der Waals surface area contributed by atoms with E-state index in [1.165, 1.54) is 22.2 Å². The van der Waals surface area contributed by atoms with E-state index in [2.05, 4.69) is 9.97 Å². The van der Waals surface area contributed by atoms with Crippen LogP contribution in [0.2, 0.25) is 0 Å². The van der Waals surface area contributed by atoms with E-state index in [-0.39, 0.29) is 18.0 Å². The Morgan fingerprint density at radius 3 is 2.80 bits per heavy atom. The molecule has 0 atom stereocenters. The maximum absolute atomic E-state index is 13.3. The lowest BCUT2D eigenvalue weighted by Gasteiger charge is -2.15. The van der Waals surface area contributed by atoms with Gasteiger partial charge < -0.3 is 9.47 Å². The fourth-order valence-electron chi connectivity index (χ4n) is 4.04. The van der Waals surface area contributed by atoms with Gasteiger partial charge in [-0.2, -0.15) is 0 Å². The fraction of sp³-hybridized carbons (Fsp3) is 0.273. The monoisotopic (exact) mass is 419 g/mol. The van der Waals surface area contributed by atoms with Gasteiger partial charge in [-0.3, -0.25) is 14.2 Å². The summed E-state index contributed by atoms with van der Waals surface area (Å²) < 4.78 is 3.37. The van der Waals surface area contributed by atoms with E-state index in [9.17, 15) is 9.59 Å². The molecule has 1 aliphatic rings. The van der Waals surface area contributed by atoms with Crippen LogP contribution in [0.15, 0.2) is 54.1 Å². The first kappa shape index (κ1) is 18.7. The number of aryl methyl sites for hydroxylation is 1. The minimum absolute atomic E-state index is 0.0219. The quantitative estimate of drug-likeness (QED) is 0.509. The lowest BCUT2D eigenvalue weighted by molar-refractivity contribution is -0.130. The van der Waals surface area contributed by atoms with Gasteiger partial charge in [-0.25, -0.2) is 9.97 Å². The van der Waals surface area contributed by atoms with Crippen LogP contribution < -0.4 is 5.56 Å². The Balaban J connectivity index is 1.59. The number of thiophene rings is 1. The Morgan fingerprint density at radius 2 is 2.03 bits per heavy atom. The first-order chi connectivity index (χ1) is 14.6. The third-order valence-electron chi connectivity index (χ3n) is 5.56. The minimum Gasteiger partial charge on any atom is -0.341 e. The molecule has 0 spiro atoms. The predicted octanol–water partition coefficient (Wildman–Crippen LogP) is 3.24. The first-order valence-electron chi connectivity index (χ1n) is 9.97. The third-order valence-corrected chi connectivity index (χ3v) is 6.57. The normalized spacial score (nSPS) is 14.0. The maximum Gasteiger partial charge on any atom is 0.263 e. The second kappa shape index (κ2) is 7.53. The van der Waals surface area contributed by atoms with Crippen LogP contribution in [-0.2, 0) is 11.3 Å². The van der Waals surface area contributed by atoms with Crippen molar-refractivity contribution < 1.29 is 4.79 Å².